The minimum Gasteiger partial charge on any atom is -0.504 e. The summed E-state index contributed by atoms with van der Waals surface area (Å²) in [5, 5.41) is 10.1. The summed E-state index contributed by atoms with van der Waals surface area (Å²) in [4.78, 5) is 12.0. The Labute approximate surface area is 149 Å². The summed E-state index contributed by atoms with van der Waals surface area (Å²) >= 11 is 0. The molecule has 0 aliphatic heterocycles. The molecule has 1 aromatic rings. The topological polar surface area (TPSA) is 55.8 Å². The number of esters is 1. The molecular formula is C20H29FO4. The zero-order valence-electron chi connectivity index (χ0n) is 15.8. The highest BCUT2D eigenvalue weighted by atomic mass is 19.1. The summed E-state index contributed by atoms with van der Waals surface area (Å²) in [5.74, 6) is -1.89. The predicted octanol–water partition coefficient (Wildman–Crippen LogP) is 5.25. The first kappa shape index (κ1) is 21.0. The zero-order chi connectivity index (χ0) is 19.3. The molecule has 1 aromatic carbocycles. The van der Waals surface area contributed by atoms with Crippen molar-refractivity contribution in [3.63, 3.8) is 0 Å². The maximum atomic E-state index is 14.3. The van der Waals surface area contributed by atoms with Gasteiger partial charge in [0.1, 0.15) is 11.4 Å². The third-order valence-corrected chi connectivity index (χ3v) is 4.28. The molecule has 0 atom stereocenters. The summed E-state index contributed by atoms with van der Waals surface area (Å²) in [6.07, 6.45) is 4.34. The van der Waals surface area contributed by atoms with Gasteiger partial charge >= 0.3 is 5.97 Å². The fourth-order valence-corrected chi connectivity index (χ4v) is 2.49. The first-order valence-corrected chi connectivity index (χ1v) is 8.57. The average molecular weight is 352 g/mol. The van der Waals surface area contributed by atoms with Crippen LogP contribution in [-0.4, -0.2) is 23.3 Å². The van der Waals surface area contributed by atoms with Gasteiger partial charge in [0, 0.05) is 17.5 Å². The molecule has 0 amide bonds. The lowest BCUT2D eigenvalue weighted by Crippen LogP contribution is -2.27. The molecule has 0 aliphatic rings. The number of phenols is 1. The maximum Gasteiger partial charge on any atom is 0.341 e. The predicted molar refractivity (Wildman–Crippen MR) is 96.6 cm³/mol. The van der Waals surface area contributed by atoms with Crippen molar-refractivity contribution in [2.75, 3.05) is 6.61 Å². The molecule has 0 heterocycles. The van der Waals surface area contributed by atoms with Crippen LogP contribution in [-0.2, 0) is 4.74 Å². The maximum absolute atomic E-state index is 14.3. The summed E-state index contributed by atoms with van der Waals surface area (Å²) < 4.78 is 25.1. The highest BCUT2D eigenvalue weighted by Crippen LogP contribution is 2.35. The van der Waals surface area contributed by atoms with E-state index < -0.39 is 17.4 Å². The number of carbonyl (C=O) groups is 1. The van der Waals surface area contributed by atoms with Crippen LogP contribution in [0.2, 0.25) is 0 Å². The fourth-order valence-electron chi connectivity index (χ4n) is 2.49. The van der Waals surface area contributed by atoms with Gasteiger partial charge in [0.2, 0.25) is 0 Å². The van der Waals surface area contributed by atoms with Crippen LogP contribution >= 0.6 is 0 Å². The van der Waals surface area contributed by atoms with Crippen LogP contribution in [0.5, 0.6) is 11.5 Å². The van der Waals surface area contributed by atoms with Gasteiger partial charge in [-0.05, 0) is 40.0 Å². The van der Waals surface area contributed by atoms with Crippen LogP contribution in [0.1, 0.15) is 64.2 Å². The molecule has 25 heavy (non-hydrogen) atoms. The number of hydrogen-bond acceptors (Lipinski definition) is 4. The minimum atomic E-state index is -0.824. The lowest BCUT2D eigenvalue weighted by Gasteiger charge is -2.30. The molecule has 0 fully saturated rings. The van der Waals surface area contributed by atoms with E-state index in [1.54, 1.807) is 20.8 Å². The third kappa shape index (κ3) is 5.76. The lowest BCUT2D eigenvalue weighted by atomic mass is 9.80. The van der Waals surface area contributed by atoms with Crippen molar-refractivity contribution in [3.05, 3.63) is 36.2 Å². The first-order chi connectivity index (χ1) is 11.6. The molecule has 1 rings (SSSR count). The van der Waals surface area contributed by atoms with Crippen LogP contribution in [0.3, 0.4) is 0 Å². The van der Waals surface area contributed by atoms with Crippen molar-refractivity contribution < 1.29 is 23.8 Å². The molecular weight excluding hydrogens is 323 g/mol. The first-order valence-electron chi connectivity index (χ1n) is 8.57. The van der Waals surface area contributed by atoms with Crippen LogP contribution in [0.4, 0.5) is 4.39 Å². The molecule has 0 saturated carbocycles. The average Bonchev–Trinajstić information content (AvgIpc) is 2.52. The van der Waals surface area contributed by atoms with E-state index in [9.17, 15) is 14.3 Å². The Kier molecular flexibility index (Phi) is 7.03. The Balaban J connectivity index is 2.99. The molecule has 0 aliphatic carbocycles. The fraction of sp³-hybridized carbons (Fsp3) is 0.550. The lowest BCUT2D eigenvalue weighted by molar-refractivity contribution is 0.00640. The van der Waals surface area contributed by atoms with E-state index in [4.69, 9.17) is 9.47 Å². The molecule has 0 bridgehead atoms. The molecule has 140 valence electrons. The minimum absolute atomic E-state index is 0.0140. The highest BCUT2D eigenvalue weighted by molar-refractivity contribution is 5.90. The number of benzene rings is 1. The second kappa shape index (κ2) is 8.37. The van der Waals surface area contributed by atoms with Crippen molar-refractivity contribution in [2.24, 2.45) is 5.41 Å². The number of hydrogen-bond donors (Lipinski definition) is 1. The zero-order valence-corrected chi connectivity index (χ0v) is 15.8. The van der Waals surface area contributed by atoms with Gasteiger partial charge in [0.15, 0.2) is 11.5 Å². The quantitative estimate of drug-likeness (QED) is 0.513. The molecule has 0 spiro atoms. The SMILES string of the molecule is C=CCC(CC)(CC)COc1cc(F)c(C(=O)OC(C)(C)C)cc1O. The highest BCUT2D eigenvalue weighted by Gasteiger charge is 2.27. The Hall–Kier alpha value is -2.04. The standard InChI is InChI=1S/C20H29FO4/c1-7-10-20(8-2,9-3)13-24-17-12-15(21)14(11-16(17)22)18(23)25-19(4,5)6/h7,11-12,22H,1,8-10,13H2,2-6H3. The van der Waals surface area contributed by atoms with Gasteiger partial charge in [-0.1, -0.05) is 19.9 Å². The summed E-state index contributed by atoms with van der Waals surface area (Å²) in [6, 6.07) is 2.07. The van der Waals surface area contributed by atoms with Gasteiger partial charge in [0.05, 0.1) is 12.2 Å². The second-order valence-corrected chi connectivity index (χ2v) is 7.29. The molecule has 0 aromatic heterocycles. The van der Waals surface area contributed by atoms with Crippen molar-refractivity contribution >= 4 is 5.97 Å². The number of rotatable bonds is 8. The van der Waals surface area contributed by atoms with E-state index in [0.29, 0.717) is 6.61 Å². The number of allylic oxidation sites excluding steroid dienone is 1. The summed E-state index contributed by atoms with van der Waals surface area (Å²) in [7, 11) is 0. The Morgan fingerprint density at radius 3 is 2.36 bits per heavy atom. The molecule has 4 nitrogen and oxygen atoms in total. The van der Waals surface area contributed by atoms with Gasteiger partial charge in [0.25, 0.3) is 0 Å². The van der Waals surface area contributed by atoms with Crippen LogP contribution in [0.15, 0.2) is 24.8 Å². The second-order valence-electron chi connectivity index (χ2n) is 7.29. The van der Waals surface area contributed by atoms with E-state index in [1.807, 2.05) is 6.08 Å². The monoisotopic (exact) mass is 352 g/mol. The number of aromatic hydroxyl groups is 1. The number of halogens is 1. The van der Waals surface area contributed by atoms with Gasteiger partial charge in [-0.3, -0.25) is 0 Å². The van der Waals surface area contributed by atoms with Crippen molar-refractivity contribution in [3.8, 4) is 11.5 Å². The Bertz CT molecular complexity index is 613. The van der Waals surface area contributed by atoms with Crippen LogP contribution < -0.4 is 4.74 Å². The van der Waals surface area contributed by atoms with Gasteiger partial charge in [-0.25, -0.2) is 9.18 Å². The normalized spacial score (nSPS) is 11.9. The molecule has 0 unspecified atom stereocenters. The molecule has 1 N–H and O–H groups in total. The van der Waals surface area contributed by atoms with E-state index in [-0.39, 0.29) is 22.5 Å². The van der Waals surface area contributed by atoms with Crippen molar-refractivity contribution in [2.45, 2.75) is 59.5 Å². The third-order valence-electron chi connectivity index (χ3n) is 4.28. The van der Waals surface area contributed by atoms with Gasteiger partial charge in [-0.15, -0.1) is 6.58 Å². The van der Waals surface area contributed by atoms with Gasteiger partial charge in [-0.2, -0.15) is 0 Å². The Morgan fingerprint density at radius 2 is 1.88 bits per heavy atom. The molecule has 5 heteroatoms. The summed E-state index contributed by atoms with van der Waals surface area (Å²) in [5.41, 5.74) is -1.18. The van der Waals surface area contributed by atoms with E-state index in [0.717, 1.165) is 31.4 Å². The Morgan fingerprint density at radius 1 is 1.28 bits per heavy atom. The van der Waals surface area contributed by atoms with Crippen LogP contribution in [0.25, 0.3) is 0 Å². The number of phenolic OH excluding ortho intramolecular Hbond substituents is 1. The van der Waals surface area contributed by atoms with Crippen molar-refractivity contribution in [1.82, 2.24) is 0 Å². The smallest absolute Gasteiger partial charge is 0.341 e. The van der Waals surface area contributed by atoms with Gasteiger partial charge < -0.3 is 14.6 Å². The van der Waals surface area contributed by atoms with E-state index >= 15 is 0 Å². The van der Waals surface area contributed by atoms with E-state index in [2.05, 4.69) is 20.4 Å². The molecule has 0 radical (unpaired) electrons. The summed E-state index contributed by atoms with van der Waals surface area (Å²) in [6.45, 7) is 13.3. The number of ether oxygens (including phenoxy) is 2. The van der Waals surface area contributed by atoms with Crippen LogP contribution in [0, 0.1) is 11.2 Å². The molecule has 0 saturated heterocycles. The largest absolute Gasteiger partial charge is 0.504 e. The number of carbonyl (C=O) groups excluding carboxylic acids is 1. The van der Waals surface area contributed by atoms with Crippen molar-refractivity contribution in [1.29, 1.82) is 0 Å². The van der Waals surface area contributed by atoms with E-state index in [1.165, 1.54) is 0 Å².